The number of hydrogen-bond donors (Lipinski definition) is 2. The molecule has 1 aromatic rings. The topological polar surface area (TPSA) is 32.3 Å². The van der Waals surface area contributed by atoms with Crippen molar-refractivity contribution in [1.29, 1.82) is 0 Å². The third-order valence-electron chi connectivity index (χ3n) is 1.92. The molecule has 1 radical (unpaired) electrons. The summed E-state index contributed by atoms with van der Waals surface area (Å²) < 4.78 is 0. The van der Waals surface area contributed by atoms with Crippen molar-refractivity contribution in [2.45, 2.75) is 26.0 Å². The molecule has 2 N–H and O–H groups in total. The Morgan fingerprint density at radius 3 is 2.50 bits per heavy atom. The molecule has 77 valence electrons. The Bertz CT molecular complexity index is 246. The van der Waals surface area contributed by atoms with Gasteiger partial charge >= 0.3 is 0 Å². The van der Waals surface area contributed by atoms with Crippen LogP contribution in [0.3, 0.4) is 0 Å². The van der Waals surface area contributed by atoms with Crippen molar-refractivity contribution in [1.82, 2.24) is 5.32 Å². The average molecular weight is 192 g/mol. The Balaban J connectivity index is 2.30. The summed E-state index contributed by atoms with van der Waals surface area (Å²) in [7, 11) is 0. The van der Waals surface area contributed by atoms with Gasteiger partial charge in [-0.15, -0.1) is 0 Å². The molecule has 2 heteroatoms. The Hall–Kier alpha value is -0.860. The summed E-state index contributed by atoms with van der Waals surface area (Å²) in [5.74, 6) is 0. The van der Waals surface area contributed by atoms with Crippen molar-refractivity contribution in [3.05, 3.63) is 42.3 Å². The van der Waals surface area contributed by atoms with E-state index in [1.54, 1.807) is 0 Å². The van der Waals surface area contributed by atoms with E-state index in [0.717, 1.165) is 5.56 Å². The highest BCUT2D eigenvalue weighted by Gasteiger charge is 2.05. The van der Waals surface area contributed by atoms with Crippen molar-refractivity contribution in [3.63, 3.8) is 0 Å². The van der Waals surface area contributed by atoms with Crippen molar-refractivity contribution < 1.29 is 5.11 Å². The average Bonchev–Trinajstić information content (AvgIpc) is 2.16. The van der Waals surface area contributed by atoms with Gasteiger partial charge in [0.1, 0.15) is 0 Å². The second-order valence-electron chi connectivity index (χ2n) is 3.71. The molecule has 0 aliphatic carbocycles. The van der Waals surface area contributed by atoms with E-state index in [1.165, 1.54) is 0 Å². The second kappa shape index (κ2) is 5.78. The summed E-state index contributed by atoms with van der Waals surface area (Å²) in [5, 5.41) is 12.8. The first kappa shape index (κ1) is 11.2. The Labute approximate surface area is 86.0 Å². The number of nitrogens with one attached hydrogen (secondary N) is 1. The number of rotatable bonds is 5. The number of hydrogen-bond acceptors (Lipinski definition) is 2. The van der Waals surface area contributed by atoms with E-state index in [4.69, 9.17) is 0 Å². The molecule has 0 saturated carbocycles. The van der Waals surface area contributed by atoms with Gasteiger partial charge in [0.05, 0.1) is 6.10 Å². The third kappa shape index (κ3) is 4.40. The third-order valence-corrected chi connectivity index (χ3v) is 1.92. The van der Waals surface area contributed by atoms with Crippen LogP contribution >= 0.6 is 0 Å². The van der Waals surface area contributed by atoms with E-state index < -0.39 is 6.10 Å². The van der Waals surface area contributed by atoms with Gasteiger partial charge in [0, 0.05) is 19.0 Å². The molecule has 14 heavy (non-hydrogen) atoms. The highest BCUT2D eigenvalue weighted by Crippen LogP contribution is 2.04. The van der Waals surface area contributed by atoms with E-state index >= 15 is 0 Å². The summed E-state index contributed by atoms with van der Waals surface area (Å²) in [6.07, 6.45) is 1.44. The van der Waals surface area contributed by atoms with Crippen molar-refractivity contribution in [2.75, 3.05) is 6.54 Å². The molecule has 0 saturated heterocycles. The summed E-state index contributed by atoms with van der Waals surface area (Å²) in [4.78, 5) is 0. The molecule has 1 unspecified atom stereocenters. The fourth-order valence-corrected chi connectivity index (χ4v) is 1.20. The largest absolute Gasteiger partial charge is 0.391 e. The monoisotopic (exact) mass is 192 g/mol. The lowest BCUT2D eigenvalue weighted by Gasteiger charge is -2.13. The minimum absolute atomic E-state index is 0.411. The predicted octanol–water partition coefficient (Wildman–Crippen LogP) is 1.60. The van der Waals surface area contributed by atoms with E-state index in [1.807, 2.05) is 36.8 Å². The van der Waals surface area contributed by atoms with Crippen molar-refractivity contribution >= 4 is 0 Å². The van der Waals surface area contributed by atoms with Gasteiger partial charge in [-0.2, -0.15) is 0 Å². The van der Waals surface area contributed by atoms with Crippen LogP contribution in [0, 0.1) is 6.42 Å². The van der Waals surface area contributed by atoms with E-state index in [-0.39, 0.29) is 0 Å². The summed E-state index contributed by atoms with van der Waals surface area (Å²) in [6, 6.07) is 10.3. The highest BCUT2D eigenvalue weighted by atomic mass is 16.3. The molecule has 0 aliphatic rings. The summed E-state index contributed by atoms with van der Waals surface area (Å²) >= 11 is 0. The lowest BCUT2D eigenvalue weighted by molar-refractivity contribution is 0.203. The van der Waals surface area contributed by atoms with Crippen LogP contribution in [0.5, 0.6) is 0 Å². The maximum Gasteiger partial charge on any atom is 0.0739 e. The fraction of sp³-hybridized carbons (Fsp3) is 0.417. The van der Waals surface area contributed by atoms with Crippen molar-refractivity contribution in [2.24, 2.45) is 0 Å². The second-order valence-corrected chi connectivity index (χ2v) is 3.71. The van der Waals surface area contributed by atoms with Crippen LogP contribution in [0.2, 0.25) is 0 Å². The molecule has 0 aromatic heterocycles. The SMILES string of the molecule is CC(C)NCC(O)[CH]c1ccccc1. The lowest BCUT2D eigenvalue weighted by atomic mass is 10.1. The normalized spacial score (nSPS) is 13.1. The van der Waals surface area contributed by atoms with Gasteiger partial charge in [-0.1, -0.05) is 44.2 Å². The standard InChI is InChI=1S/C12H18NO/c1-10(2)13-9-12(14)8-11-6-4-3-5-7-11/h3-8,10,12-14H,9H2,1-2H3. The van der Waals surface area contributed by atoms with Crippen LogP contribution in [0.25, 0.3) is 0 Å². The molecule has 0 heterocycles. The van der Waals surface area contributed by atoms with Gasteiger partial charge in [0.2, 0.25) is 0 Å². The zero-order valence-electron chi connectivity index (χ0n) is 8.77. The van der Waals surface area contributed by atoms with Crippen LogP contribution in [-0.4, -0.2) is 23.8 Å². The molecule has 0 amide bonds. The smallest absolute Gasteiger partial charge is 0.0739 e. The zero-order chi connectivity index (χ0) is 10.4. The van der Waals surface area contributed by atoms with Crippen LogP contribution < -0.4 is 5.32 Å². The Morgan fingerprint density at radius 1 is 1.29 bits per heavy atom. The maximum absolute atomic E-state index is 9.63. The number of benzene rings is 1. The van der Waals surface area contributed by atoms with Gasteiger partial charge in [0.15, 0.2) is 0 Å². The predicted molar refractivity (Wildman–Crippen MR) is 59.0 cm³/mol. The molecule has 1 atom stereocenters. The van der Waals surface area contributed by atoms with E-state index in [9.17, 15) is 5.11 Å². The summed E-state index contributed by atoms with van der Waals surface area (Å²) in [6.45, 7) is 4.73. The lowest BCUT2D eigenvalue weighted by Crippen LogP contribution is -2.32. The first-order valence-corrected chi connectivity index (χ1v) is 5.00. The minimum Gasteiger partial charge on any atom is -0.391 e. The molecular weight excluding hydrogens is 174 g/mol. The van der Waals surface area contributed by atoms with Gasteiger partial charge in [0.25, 0.3) is 0 Å². The maximum atomic E-state index is 9.63. The molecular formula is C12H18NO. The Kier molecular flexibility index (Phi) is 4.63. The molecule has 1 rings (SSSR count). The fourth-order valence-electron chi connectivity index (χ4n) is 1.20. The minimum atomic E-state index is -0.417. The van der Waals surface area contributed by atoms with Crippen LogP contribution in [0.4, 0.5) is 0 Å². The van der Waals surface area contributed by atoms with Crippen LogP contribution in [0.1, 0.15) is 19.4 Å². The van der Waals surface area contributed by atoms with Gasteiger partial charge in [-0.05, 0) is 5.56 Å². The highest BCUT2D eigenvalue weighted by molar-refractivity contribution is 5.23. The molecule has 0 bridgehead atoms. The van der Waals surface area contributed by atoms with E-state index in [0.29, 0.717) is 12.6 Å². The molecule has 0 fully saturated rings. The van der Waals surface area contributed by atoms with Gasteiger partial charge < -0.3 is 10.4 Å². The molecule has 2 nitrogen and oxygen atoms in total. The quantitative estimate of drug-likeness (QED) is 0.742. The zero-order valence-corrected chi connectivity index (χ0v) is 8.77. The van der Waals surface area contributed by atoms with Crippen LogP contribution in [0.15, 0.2) is 30.3 Å². The van der Waals surface area contributed by atoms with Crippen molar-refractivity contribution in [3.8, 4) is 0 Å². The Morgan fingerprint density at radius 2 is 1.93 bits per heavy atom. The molecule has 1 aromatic carbocycles. The van der Waals surface area contributed by atoms with Gasteiger partial charge in [-0.25, -0.2) is 0 Å². The van der Waals surface area contributed by atoms with E-state index in [2.05, 4.69) is 19.2 Å². The molecule has 0 aliphatic heterocycles. The molecule has 0 spiro atoms. The number of aliphatic hydroxyl groups excluding tert-OH is 1. The number of aliphatic hydroxyl groups is 1. The van der Waals surface area contributed by atoms with Crippen LogP contribution in [-0.2, 0) is 0 Å². The summed E-state index contributed by atoms with van der Waals surface area (Å²) in [5.41, 5.74) is 1.06. The first-order chi connectivity index (χ1) is 6.68. The first-order valence-electron chi connectivity index (χ1n) is 5.00. The van der Waals surface area contributed by atoms with Gasteiger partial charge in [-0.3, -0.25) is 0 Å².